The molecule has 98 valence electrons. The van der Waals surface area contributed by atoms with Crippen LogP contribution in [0.25, 0.3) is 0 Å². The van der Waals surface area contributed by atoms with Crippen LogP contribution in [0.1, 0.15) is 26.2 Å². The Morgan fingerprint density at radius 3 is 2.89 bits per heavy atom. The van der Waals surface area contributed by atoms with Crippen LogP contribution in [-0.4, -0.2) is 30.5 Å². The fourth-order valence-electron chi connectivity index (χ4n) is 1.60. The van der Waals surface area contributed by atoms with Gasteiger partial charge in [0.25, 0.3) is 0 Å². The average molecular weight is 268 g/mol. The van der Waals surface area contributed by atoms with Gasteiger partial charge in [-0.25, -0.2) is 8.42 Å². The first-order valence-electron chi connectivity index (χ1n) is 5.74. The number of carbonyl (C=O) groups is 1. The van der Waals surface area contributed by atoms with Gasteiger partial charge in [0.2, 0.25) is 0 Å². The van der Waals surface area contributed by atoms with Crippen LogP contribution in [-0.2, 0) is 14.6 Å². The fourth-order valence-corrected chi connectivity index (χ4v) is 3.00. The molecule has 1 unspecified atom stereocenters. The van der Waals surface area contributed by atoms with Crippen molar-refractivity contribution in [2.75, 3.05) is 5.75 Å². The van der Waals surface area contributed by atoms with Crippen molar-refractivity contribution < 1.29 is 18.3 Å². The first kappa shape index (κ1) is 14.5. The summed E-state index contributed by atoms with van der Waals surface area (Å²) in [6.07, 6.45) is 5.56. The summed E-state index contributed by atoms with van der Waals surface area (Å²) in [5.41, 5.74) is 0.591. The number of hydrogen-bond acceptors (Lipinski definition) is 3. The Morgan fingerprint density at radius 1 is 1.56 bits per heavy atom. The van der Waals surface area contributed by atoms with Gasteiger partial charge in [-0.2, -0.15) is 0 Å². The lowest BCUT2D eigenvalue weighted by Crippen LogP contribution is -2.20. The number of allylic oxidation sites excluding steroid dienone is 2. The molecule has 18 heavy (non-hydrogen) atoms. The molecule has 0 aromatic rings. The molecule has 0 saturated heterocycles. The van der Waals surface area contributed by atoms with Crippen molar-refractivity contribution in [3.05, 3.63) is 23.8 Å². The SMILES string of the molecule is CCCS(=O)(=O)C1C#CC/C=C(/CC(=O)O)C=C1. The second-order valence-corrected chi connectivity index (χ2v) is 6.26. The van der Waals surface area contributed by atoms with Crippen molar-refractivity contribution in [2.45, 2.75) is 31.4 Å². The Balaban J connectivity index is 2.92. The highest BCUT2D eigenvalue weighted by atomic mass is 32.2. The van der Waals surface area contributed by atoms with Gasteiger partial charge in [-0.3, -0.25) is 4.79 Å². The second kappa shape index (κ2) is 6.41. The van der Waals surface area contributed by atoms with Crippen LogP contribution >= 0.6 is 0 Å². The molecule has 1 aliphatic rings. The van der Waals surface area contributed by atoms with Crippen LogP contribution in [0.15, 0.2) is 23.8 Å². The van der Waals surface area contributed by atoms with Gasteiger partial charge in [-0.05, 0) is 12.0 Å². The molecule has 0 heterocycles. The summed E-state index contributed by atoms with van der Waals surface area (Å²) in [6.45, 7) is 1.80. The van der Waals surface area contributed by atoms with Gasteiger partial charge in [-0.1, -0.05) is 37.0 Å². The molecular formula is C13H16O4S. The van der Waals surface area contributed by atoms with E-state index in [1.165, 1.54) is 6.08 Å². The number of hydrogen-bond donors (Lipinski definition) is 1. The highest BCUT2D eigenvalue weighted by molar-refractivity contribution is 7.92. The summed E-state index contributed by atoms with van der Waals surface area (Å²) >= 11 is 0. The summed E-state index contributed by atoms with van der Waals surface area (Å²) in [5, 5.41) is 7.88. The van der Waals surface area contributed by atoms with Crippen LogP contribution in [0, 0.1) is 11.8 Å². The molecule has 0 fully saturated rings. The topological polar surface area (TPSA) is 71.4 Å². The monoisotopic (exact) mass is 268 g/mol. The predicted molar refractivity (Wildman–Crippen MR) is 69.7 cm³/mol. The maximum Gasteiger partial charge on any atom is 0.307 e. The Bertz CT molecular complexity index is 529. The second-order valence-electron chi connectivity index (χ2n) is 4.02. The summed E-state index contributed by atoms with van der Waals surface area (Å²) in [6, 6.07) is 0. The molecule has 4 nitrogen and oxygen atoms in total. The molecule has 0 amide bonds. The van der Waals surface area contributed by atoms with Crippen molar-refractivity contribution >= 4 is 15.8 Å². The lowest BCUT2D eigenvalue weighted by Gasteiger charge is -2.08. The van der Waals surface area contributed by atoms with E-state index in [1.54, 1.807) is 19.1 Å². The Labute approximate surface area is 107 Å². The molecule has 0 spiro atoms. The minimum absolute atomic E-state index is 0.0919. The van der Waals surface area contributed by atoms with Gasteiger partial charge >= 0.3 is 5.97 Å². The predicted octanol–water partition coefficient (Wildman–Crippen LogP) is 1.54. The molecule has 1 N–H and O–H groups in total. The smallest absolute Gasteiger partial charge is 0.307 e. The van der Waals surface area contributed by atoms with Crippen LogP contribution in [0.4, 0.5) is 0 Å². The number of aliphatic carboxylic acids is 1. The molecule has 0 radical (unpaired) electrons. The van der Waals surface area contributed by atoms with Crippen molar-refractivity contribution in [1.82, 2.24) is 0 Å². The van der Waals surface area contributed by atoms with Crippen molar-refractivity contribution in [3.8, 4) is 11.8 Å². The zero-order valence-corrected chi connectivity index (χ0v) is 11.0. The Hall–Kier alpha value is -1.54. The molecule has 0 bridgehead atoms. The molecule has 1 aliphatic carbocycles. The lowest BCUT2D eigenvalue weighted by molar-refractivity contribution is -0.136. The third kappa shape index (κ3) is 4.38. The molecule has 1 rings (SSSR count). The maximum absolute atomic E-state index is 11.9. The van der Waals surface area contributed by atoms with Gasteiger partial charge in [-0.15, -0.1) is 0 Å². The van der Waals surface area contributed by atoms with E-state index < -0.39 is 21.1 Å². The third-order valence-electron chi connectivity index (χ3n) is 2.43. The molecule has 0 aliphatic heterocycles. The quantitative estimate of drug-likeness (QED) is 0.768. The van der Waals surface area contributed by atoms with Crippen LogP contribution in [0.2, 0.25) is 0 Å². The van der Waals surface area contributed by atoms with E-state index in [1.807, 2.05) is 0 Å². The highest BCUT2D eigenvalue weighted by Crippen LogP contribution is 2.12. The number of sulfone groups is 1. The highest BCUT2D eigenvalue weighted by Gasteiger charge is 2.20. The zero-order chi connectivity index (χ0) is 13.6. The Morgan fingerprint density at radius 2 is 2.28 bits per heavy atom. The van der Waals surface area contributed by atoms with E-state index in [-0.39, 0.29) is 12.2 Å². The van der Waals surface area contributed by atoms with Gasteiger partial charge < -0.3 is 5.11 Å². The Kier molecular flexibility index (Phi) is 5.17. The van der Waals surface area contributed by atoms with E-state index in [2.05, 4.69) is 11.8 Å². The molecule has 1 atom stereocenters. The van der Waals surface area contributed by atoms with Crippen molar-refractivity contribution in [2.24, 2.45) is 0 Å². The van der Waals surface area contributed by atoms with Crippen LogP contribution < -0.4 is 0 Å². The largest absolute Gasteiger partial charge is 0.481 e. The van der Waals surface area contributed by atoms with Crippen molar-refractivity contribution in [3.63, 3.8) is 0 Å². The fraction of sp³-hybridized carbons (Fsp3) is 0.462. The molecular weight excluding hydrogens is 252 g/mol. The molecule has 0 aromatic heterocycles. The normalized spacial score (nSPS) is 22.1. The standard InChI is InChI=1S/C13H16O4S/c1-2-9-18(16,17)12-6-4-3-5-11(7-8-12)10-13(14)15/h5,7-8,12H,2-3,9-10H2,1H3,(H,14,15)/b8-7?,11-5+. The van der Waals surface area contributed by atoms with Gasteiger partial charge in [0.05, 0.1) is 12.2 Å². The maximum atomic E-state index is 11.9. The minimum Gasteiger partial charge on any atom is -0.481 e. The first-order chi connectivity index (χ1) is 8.45. The third-order valence-corrected chi connectivity index (χ3v) is 4.45. The van der Waals surface area contributed by atoms with Crippen LogP contribution in [0.3, 0.4) is 0 Å². The first-order valence-corrected chi connectivity index (χ1v) is 7.46. The van der Waals surface area contributed by atoms with Crippen LogP contribution in [0.5, 0.6) is 0 Å². The summed E-state index contributed by atoms with van der Waals surface area (Å²) < 4.78 is 23.8. The lowest BCUT2D eigenvalue weighted by atomic mass is 10.1. The molecule has 5 heteroatoms. The molecule has 0 saturated carbocycles. The van der Waals surface area contributed by atoms with Gasteiger partial charge in [0.1, 0.15) is 5.25 Å². The van der Waals surface area contributed by atoms with E-state index >= 15 is 0 Å². The van der Waals surface area contributed by atoms with E-state index in [4.69, 9.17) is 5.11 Å². The summed E-state index contributed by atoms with van der Waals surface area (Å²) in [7, 11) is -3.26. The summed E-state index contributed by atoms with van der Waals surface area (Å²) in [5.74, 6) is 4.61. The average Bonchev–Trinajstić information content (AvgIpc) is 2.21. The number of carboxylic acids is 1. The number of rotatable bonds is 5. The van der Waals surface area contributed by atoms with E-state index in [9.17, 15) is 13.2 Å². The van der Waals surface area contributed by atoms with Crippen molar-refractivity contribution in [1.29, 1.82) is 0 Å². The van der Waals surface area contributed by atoms with E-state index in [0.29, 0.717) is 18.4 Å². The zero-order valence-electron chi connectivity index (χ0n) is 10.2. The summed E-state index contributed by atoms with van der Waals surface area (Å²) in [4.78, 5) is 10.6. The van der Waals surface area contributed by atoms with E-state index in [0.717, 1.165) is 0 Å². The van der Waals surface area contributed by atoms with Gasteiger partial charge in [0, 0.05) is 6.42 Å². The number of carboxylic acid groups (broad SMARTS) is 1. The van der Waals surface area contributed by atoms with Gasteiger partial charge in [0.15, 0.2) is 9.84 Å². The minimum atomic E-state index is -3.26. The molecule has 0 aromatic carbocycles.